The number of ether oxygens (including phenoxy) is 1. The van der Waals surface area contributed by atoms with E-state index in [1.165, 1.54) is 0 Å². The molecule has 1 aliphatic rings. The second-order valence-electron chi connectivity index (χ2n) is 5.40. The van der Waals surface area contributed by atoms with Crippen molar-refractivity contribution in [2.45, 2.75) is 12.5 Å². The molecule has 0 spiro atoms. The Morgan fingerprint density at radius 3 is 2.32 bits per heavy atom. The smallest absolute Gasteiger partial charge is 0.191 e. The second kappa shape index (κ2) is 6.40. The molecule has 0 aromatic heterocycles. The van der Waals surface area contributed by atoms with Crippen molar-refractivity contribution in [1.82, 2.24) is 5.32 Å². The van der Waals surface area contributed by atoms with Gasteiger partial charge in [0, 0.05) is 24.6 Å². The minimum Gasteiger partial charge on any atom is -0.479 e. The third-order valence-corrected chi connectivity index (χ3v) is 3.86. The predicted molar refractivity (Wildman–Crippen MR) is 77.1 cm³/mol. The monoisotopic (exact) mass is 307 g/mol. The van der Waals surface area contributed by atoms with Crippen LogP contribution >= 0.6 is 0 Å². The van der Waals surface area contributed by atoms with E-state index in [1.807, 2.05) is 30.3 Å². The number of halogens is 3. The van der Waals surface area contributed by atoms with Crippen LogP contribution in [0.1, 0.15) is 18.1 Å². The first-order chi connectivity index (χ1) is 10.6. The van der Waals surface area contributed by atoms with E-state index >= 15 is 0 Å². The number of hydrogen-bond donors (Lipinski definition) is 1. The number of hydrogen-bond acceptors (Lipinski definition) is 2. The largest absolute Gasteiger partial charge is 0.479 e. The van der Waals surface area contributed by atoms with Crippen LogP contribution in [0.3, 0.4) is 0 Å². The number of rotatable bonds is 4. The summed E-state index contributed by atoms with van der Waals surface area (Å²) in [5, 5.41) is 3.22. The van der Waals surface area contributed by atoms with E-state index in [0.717, 1.165) is 18.5 Å². The molecule has 0 aliphatic carbocycles. The number of nitrogens with one attached hydrogen (secondary N) is 1. The zero-order chi connectivity index (χ0) is 15.5. The molecule has 1 heterocycles. The van der Waals surface area contributed by atoms with Crippen molar-refractivity contribution in [1.29, 1.82) is 0 Å². The third kappa shape index (κ3) is 3.09. The van der Waals surface area contributed by atoms with Crippen molar-refractivity contribution in [3.05, 3.63) is 65.5 Å². The van der Waals surface area contributed by atoms with Gasteiger partial charge in [-0.1, -0.05) is 30.3 Å². The van der Waals surface area contributed by atoms with Crippen molar-refractivity contribution < 1.29 is 17.9 Å². The lowest BCUT2D eigenvalue weighted by Gasteiger charge is -2.25. The Hall–Kier alpha value is -2.01. The van der Waals surface area contributed by atoms with Gasteiger partial charge in [0.1, 0.15) is 11.9 Å². The summed E-state index contributed by atoms with van der Waals surface area (Å²) in [5.74, 6) is -3.43. The average Bonchev–Trinajstić information content (AvgIpc) is 3.01. The highest BCUT2D eigenvalue weighted by Gasteiger charge is 2.29. The van der Waals surface area contributed by atoms with E-state index < -0.39 is 29.3 Å². The minimum absolute atomic E-state index is 0.103. The Balaban J connectivity index is 1.94. The molecular weight excluding hydrogens is 291 g/mol. The van der Waals surface area contributed by atoms with E-state index in [2.05, 4.69) is 5.32 Å². The zero-order valence-corrected chi connectivity index (χ0v) is 11.9. The normalized spacial score (nSPS) is 19.1. The molecule has 22 heavy (non-hydrogen) atoms. The lowest BCUT2D eigenvalue weighted by molar-refractivity contribution is 0.131. The van der Waals surface area contributed by atoms with Crippen molar-refractivity contribution in [3.8, 4) is 5.75 Å². The Morgan fingerprint density at radius 2 is 1.73 bits per heavy atom. The van der Waals surface area contributed by atoms with Crippen LogP contribution in [0.5, 0.6) is 5.75 Å². The van der Waals surface area contributed by atoms with Gasteiger partial charge in [0.25, 0.3) is 0 Å². The molecular formula is C17H16F3NO. The fraction of sp³-hybridized carbons (Fsp3) is 0.294. The fourth-order valence-electron chi connectivity index (χ4n) is 2.78. The topological polar surface area (TPSA) is 21.3 Å². The molecule has 0 radical (unpaired) electrons. The number of benzene rings is 2. The van der Waals surface area contributed by atoms with Gasteiger partial charge in [-0.25, -0.2) is 13.2 Å². The summed E-state index contributed by atoms with van der Waals surface area (Å²) in [6.07, 6.45) is 0.370. The molecule has 2 nitrogen and oxygen atoms in total. The summed E-state index contributed by atoms with van der Waals surface area (Å²) < 4.78 is 46.4. The van der Waals surface area contributed by atoms with Gasteiger partial charge in [0.15, 0.2) is 17.4 Å². The Bertz CT molecular complexity index is 619. The van der Waals surface area contributed by atoms with Crippen molar-refractivity contribution >= 4 is 0 Å². The van der Waals surface area contributed by atoms with Gasteiger partial charge in [0.05, 0.1) is 0 Å². The van der Waals surface area contributed by atoms with Crippen LogP contribution < -0.4 is 10.1 Å². The summed E-state index contributed by atoms with van der Waals surface area (Å²) in [6.45, 7) is 1.55. The molecule has 0 bridgehead atoms. The van der Waals surface area contributed by atoms with Crippen molar-refractivity contribution in [2.24, 2.45) is 5.92 Å². The maximum atomic E-state index is 13.9. The zero-order valence-electron chi connectivity index (χ0n) is 11.9. The van der Waals surface area contributed by atoms with Crippen LogP contribution in [0, 0.1) is 23.4 Å². The summed E-state index contributed by atoms with van der Waals surface area (Å²) in [7, 11) is 0. The predicted octanol–water partition coefficient (Wildman–Crippen LogP) is 3.83. The van der Waals surface area contributed by atoms with Gasteiger partial charge in [-0.15, -0.1) is 0 Å². The summed E-state index contributed by atoms with van der Waals surface area (Å²) in [4.78, 5) is 0. The van der Waals surface area contributed by atoms with Gasteiger partial charge in [0.2, 0.25) is 0 Å². The Kier molecular flexibility index (Phi) is 4.34. The van der Waals surface area contributed by atoms with Gasteiger partial charge in [-0.2, -0.15) is 0 Å². The van der Waals surface area contributed by atoms with E-state index in [0.29, 0.717) is 18.7 Å². The molecule has 116 valence electrons. The van der Waals surface area contributed by atoms with Crippen LogP contribution in [0.4, 0.5) is 13.2 Å². The van der Waals surface area contributed by atoms with Crippen LogP contribution in [-0.4, -0.2) is 13.1 Å². The molecule has 1 N–H and O–H groups in total. The standard InChI is InChI=1S/C17H16F3NO/c18-13-8-14(19)17(15(20)9-13)22-16(12-6-7-21-10-12)11-4-2-1-3-5-11/h1-5,8-9,12,16,21H,6-7,10H2. The lowest BCUT2D eigenvalue weighted by atomic mass is 9.95. The molecule has 1 saturated heterocycles. The van der Waals surface area contributed by atoms with Crippen LogP contribution in [0.2, 0.25) is 0 Å². The third-order valence-electron chi connectivity index (χ3n) is 3.86. The maximum Gasteiger partial charge on any atom is 0.191 e. The van der Waals surface area contributed by atoms with Crippen LogP contribution in [0.15, 0.2) is 42.5 Å². The highest BCUT2D eigenvalue weighted by Crippen LogP contribution is 2.34. The molecule has 3 rings (SSSR count). The Morgan fingerprint density at radius 1 is 1.05 bits per heavy atom. The molecule has 5 heteroatoms. The van der Waals surface area contributed by atoms with E-state index in [9.17, 15) is 13.2 Å². The van der Waals surface area contributed by atoms with Gasteiger partial charge in [-0.3, -0.25) is 0 Å². The Labute approximate surface area is 126 Å². The quantitative estimate of drug-likeness (QED) is 0.927. The van der Waals surface area contributed by atoms with Gasteiger partial charge < -0.3 is 10.1 Å². The fourth-order valence-corrected chi connectivity index (χ4v) is 2.78. The first-order valence-electron chi connectivity index (χ1n) is 7.22. The van der Waals surface area contributed by atoms with Gasteiger partial charge in [-0.05, 0) is 18.5 Å². The average molecular weight is 307 g/mol. The molecule has 1 fully saturated rings. The van der Waals surface area contributed by atoms with Gasteiger partial charge >= 0.3 is 0 Å². The highest BCUT2D eigenvalue weighted by molar-refractivity contribution is 5.29. The highest BCUT2D eigenvalue weighted by atomic mass is 19.1. The summed E-state index contributed by atoms with van der Waals surface area (Å²) in [5.41, 5.74) is 0.847. The molecule has 2 aromatic rings. The summed E-state index contributed by atoms with van der Waals surface area (Å²) in [6, 6.07) is 10.6. The molecule has 1 aliphatic heterocycles. The van der Waals surface area contributed by atoms with Crippen LogP contribution in [-0.2, 0) is 0 Å². The van der Waals surface area contributed by atoms with E-state index in [4.69, 9.17) is 4.74 Å². The lowest BCUT2D eigenvalue weighted by Crippen LogP contribution is -2.22. The van der Waals surface area contributed by atoms with Crippen molar-refractivity contribution in [3.63, 3.8) is 0 Å². The molecule has 0 amide bonds. The van der Waals surface area contributed by atoms with Crippen LogP contribution in [0.25, 0.3) is 0 Å². The first kappa shape index (κ1) is 14.9. The molecule has 2 unspecified atom stereocenters. The van der Waals surface area contributed by atoms with E-state index in [-0.39, 0.29) is 5.92 Å². The molecule has 2 atom stereocenters. The van der Waals surface area contributed by atoms with E-state index in [1.54, 1.807) is 0 Å². The molecule has 2 aromatic carbocycles. The molecule has 0 saturated carbocycles. The second-order valence-corrected chi connectivity index (χ2v) is 5.40. The summed E-state index contributed by atoms with van der Waals surface area (Å²) >= 11 is 0. The minimum atomic E-state index is -1.02. The SMILES string of the molecule is Fc1cc(F)c(OC(c2ccccc2)C2CCNC2)c(F)c1. The maximum absolute atomic E-state index is 13.9. The van der Waals surface area contributed by atoms with Crippen molar-refractivity contribution in [2.75, 3.05) is 13.1 Å². The first-order valence-corrected chi connectivity index (χ1v) is 7.22.